The standard InChI is InChI=1S/C15H11Cl3N2O3/c16-10-1-3-12(4-2-10)23-8-14(21)20-19-7-9-5-11(17)6-13(18)15(9)22/h1-7,22H,8H2,(H,20,21). The molecule has 8 heteroatoms. The Balaban J connectivity index is 1.88. The molecule has 0 unspecified atom stereocenters. The zero-order valence-corrected chi connectivity index (χ0v) is 13.9. The van der Waals surface area contributed by atoms with E-state index in [-0.39, 0.29) is 22.9 Å². The van der Waals surface area contributed by atoms with Gasteiger partial charge in [0.05, 0.1) is 11.2 Å². The smallest absolute Gasteiger partial charge is 0.277 e. The van der Waals surface area contributed by atoms with Gasteiger partial charge < -0.3 is 9.84 Å². The van der Waals surface area contributed by atoms with E-state index in [0.29, 0.717) is 15.8 Å². The molecule has 2 aromatic carbocycles. The maximum absolute atomic E-state index is 11.6. The number of amides is 1. The summed E-state index contributed by atoms with van der Waals surface area (Å²) >= 11 is 17.3. The lowest BCUT2D eigenvalue weighted by molar-refractivity contribution is -0.123. The van der Waals surface area contributed by atoms with Crippen molar-refractivity contribution in [3.63, 3.8) is 0 Å². The largest absolute Gasteiger partial charge is 0.506 e. The Labute approximate surface area is 147 Å². The SMILES string of the molecule is O=C(COc1ccc(Cl)cc1)NN=Cc1cc(Cl)cc(Cl)c1O. The number of nitrogens with one attached hydrogen (secondary N) is 1. The van der Waals surface area contributed by atoms with Crippen LogP contribution in [-0.2, 0) is 4.79 Å². The van der Waals surface area contributed by atoms with Crippen molar-refractivity contribution in [1.82, 2.24) is 5.43 Å². The molecular weight excluding hydrogens is 363 g/mol. The first-order valence-electron chi connectivity index (χ1n) is 6.34. The molecule has 0 aromatic heterocycles. The van der Waals surface area contributed by atoms with Gasteiger partial charge in [-0.1, -0.05) is 34.8 Å². The summed E-state index contributed by atoms with van der Waals surface area (Å²) in [6.07, 6.45) is 1.23. The molecule has 0 spiro atoms. The highest BCUT2D eigenvalue weighted by atomic mass is 35.5. The summed E-state index contributed by atoms with van der Waals surface area (Å²) in [4.78, 5) is 11.6. The van der Waals surface area contributed by atoms with Crippen molar-refractivity contribution in [3.05, 3.63) is 57.0 Å². The first-order chi connectivity index (χ1) is 11.0. The van der Waals surface area contributed by atoms with E-state index in [1.165, 1.54) is 18.3 Å². The molecule has 2 N–H and O–H groups in total. The molecule has 5 nitrogen and oxygen atoms in total. The summed E-state index contributed by atoms with van der Waals surface area (Å²) in [6.45, 7) is -0.221. The fourth-order valence-electron chi connectivity index (χ4n) is 1.57. The first-order valence-corrected chi connectivity index (χ1v) is 7.47. The number of rotatable bonds is 5. The summed E-state index contributed by atoms with van der Waals surface area (Å²) in [5.41, 5.74) is 2.54. The van der Waals surface area contributed by atoms with Crippen molar-refractivity contribution >= 4 is 46.9 Å². The van der Waals surface area contributed by atoms with Crippen LogP contribution in [0.3, 0.4) is 0 Å². The van der Waals surface area contributed by atoms with Crippen LogP contribution in [-0.4, -0.2) is 23.8 Å². The Kier molecular flexibility index (Phi) is 6.10. The predicted molar refractivity (Wildman–Crippen MR) is 90.8 cm³/mol. The zero-order chi connectivity index (χ0) is 16.8. The highest BCUT2D eigenvalue weighted by Crippen LogP contribution is 2.29. The third-order valence-corrected chi connectivity index (χ3v) is 3.39. The predicted octanol–water partition coefficient (Wildman–Crippen LogP) is 3.88. The third-order valence-electron chi connectivity index (χ3n) is 2.63. The van der Waals surface area contributed by atoms with E-state index >= 15 is 0 Å². The van der Waals surface area contributed by atoms with Crippen LogP contribution >= 0.6 is 34.8 Å². The van der Waals surface area contributed by atoms with Crippen molar-refractivity contribution < 1.29 is 14.6 Å². The van der Waals surface area contributed by atoms with Crippen LogP contribution in [0.5, 0.6) is 11.5 Å². The molecule has 0 aliphatic carbocycles. The molecule has 0 saturated carbocycles. The number of hydrogen-bond acceptors (Lipinski definition) is 4. The summed E-state index contributed by atoms with van der Waals surface area (Å²) in [6, 6.07) is 9.45. The second-order valence-electron chi connectivity index (χ2n) is 4.36. The van der Waals surface area contributed by atoms with Gasteiger partial charge in [-0.2, -0.15) is 5.10 Å². The van der Waals surface area contributed by atoms with Crippen molar-refractivity contribution in [3.8, 4) is 11.5 Å². The summed E-state index contributed by atoms with van der Waals surface area (Å²) in [5, 5.41) is 14.4. The molecule has 0 bridgehead atoms. The number of benzene rings is 2. The highest BCUT2D eigenvalue weighted by Gasteiger charge is 2.06. The maximum Gasteiger partial charge on any atom is 0.277 e. The second-order valence-corrected chi connectivity index (χ2v) is 5.64. The maximum atomic E-state index is 11.6. The Morgan fingerprint density at radius 1 is 1.17 bits per heavy atom. The van der Waals surface area contributed by atoms with Crippen LogP contribution < -0.4 is 10.2 Å². The summed E-state index contributed by atoms with van der Waals surface area (Å²) < 4.78 is 5.25. The van der Waals surface area contributed by atoms with E-state index in [1.54, 1.807) is 24.3 Å². The molecule has 0 fully saturated rings. The topological polar surface area (TPSA) is 70.9 Å². The quantitative estimate of drug-likeness (QED) is 0.617. The number of hydrogen-bond donors (Lipinski definition) is 2. The fraction of sp³-hybridized carbons (Fsp3) is 0.0667. The Bertz CT molecular complexity index is 733. The summed E-state index contributed by atoms with van der Waals surface area (Å²) in [5.74, 6) is -0.136. The number of phenols is 1. The van der Waals surface area contributed by atoms with Gasteiger partial charge in [-0.05, 0) is 36.4 Å². The van der Waals surface area contributed by atoms with Crippen LogP contribution in [0.2, 0.25) is 15.1 Å². The molecule has 120 valence electrons. The second kappa shape index (κ2) is 8.06. The van der Waals surface area contributed by atoms with Crippen LogP contribution in [0.1, 0.15) is 5.56 Å². The van der Waals surface area contributed by atoms with Crippen LogP contribution in [0.25, 0.3) is 0 Å². The zero-order valence-electron chi connectivity index (χ0n) is 11.6. The monoisotopic (exact) mass is 372 g/mol. The number of carbonyl (C=O) groups excluding carboxylic acids is 1. The normalized spacial score (nSPS) is 10.7. The lowest BCUT2D eigenvalue weighted by atomic mass is 10.2. The molecular formula is C15H11Cl3N2O3. The molecule has 0 saturated heterocycles. The van der Waals surface area contributed by atoms with E-state index in [2.05, 4.69) is 10.5 Å². The number of aromatic hydroxyl groups is 1. The van der Waals surface area contributed by atoms with Crippen LogP contribution in [0, 0.1) is 0 Å². The number of hydrazone groups is 1. The molecule has 0 aliphatic heterocycles. The van der Waals surface area contributed by atoms with Gasteiger partial charge >= 0.3 is 0 Å². The van der Waals surface area contributed by atoms with E-state index in [9.17, 15) is 9.90 Å². The average Bonchev–Trinajstić information content (AvgIpc) is 2.51. The Morgan fingerprint density at radius 3 is 2.57 bits per heavy atom. The minimum absolute atomic E-state index is 0.0938. The van der Waals surface area contributed by atoms with Gasteiger partial charge in [-0.15, -0.1) is 0 Å². The van der Waals surface area contributed by atoms with E-state index in [1.807, 2.05) is 0 Å². The van der Waals surface area contributed by atoms with Gasteiger partial charge in [0, 0.05) is 15.6 Å². The van der Waals surface area contributed by atoms with Crippen molar-refractivity contribution in [2.45, 2.75) is 0 Å². The van der Waals surface area contributed by atoms with Gasteiger partial charge in [0.15, 0.2) is 6.61 Å². The van der Waals surface area contributed by atoms with Gasteiger partial charge in [-0.25, -0.2) is 5.43 Å². The van der Waals surface area contributed by atoms with E-state index in [0.717, 1.165) is 0 Å². The van der Waals surface area contributed by atoms with Gasteiger partial charge in [0.2, 0.25) is 0 Å². The number of halogens is 3. The fourth-order valence-corrected chi connectivity index (χ4v) is 2.21. The van der Waals surface area contributed by atoms with Gasteiger partial charge in [-0.3, -0.25) is 4.79 Å². The first kappa shape index (κ1) is 17.4. The number of ether oxygens (including phenoxy) is 1. The van der Waals surface area contributed by atoms with Crippen molar-refractivity contribution in [2.75, 3.05) is 6.61 Å². The minimum Gasteiger partial charge on any atom is -0.506 e. The average molecular weight is 374 g/mol. The minimum atomic E-state index is -0.469. The highest BCUT2D eigenvalue weighted by molar-refractivity contribution is 6.36. The number of nitrogens with zero attached hydrogens (tertiary/aromatic N) is 1. The lowest BCUT2D eigenvalue weighted by Crippen LogP contribution is -2.24. The molecule has 0 heterocycles. The number of carbonyl (C=O) groups is 1. The Morgan fingerprint density at radius 2 is 1.87 bits per heavy atom. The van der Waals surface area contributed by atoms with Crippen molar-refractivity contribution in [2.24, 2.45) is 5.10 Å². The van der Waals surface area contributed by atoms with Gasteiger partial charge in [0.1, 0.15) is 11.5 Å². The van der Waals surface area contributed by atoms with Gasteiger partial charge in [0.25, 0.3) is 5.91 Å². The number of phenolic OH excluding ortho intramolecular Hbond substituents is 1. The third kappa shape index (κ3) is 5.32. The molecule has 1 amide bonds. The molecule has 23 heavy (non-hydrogen) atoms. The van der Waals surface area contributed by atoms with Crippen LogP contribution in [0.15, 0.2) is 41.5 Å². The van der Waals surface area contributed by atoms with Crippen LogP contribution in [0.4, 0.5) is 0 Å². The Hall–Kier alpha value is -1.95. The molecule has 2 rings (SSSR count). The van der Waals surface area contributed by atoms with Crippen molar-refractivity contribution in [1.29, 1.82) is 0 Å². The molecule has 2 aromatic rings. The van der Waals surface area contributed by atoms with E-state index in [4.69, 9.17) is 39.5 Å². The summed E-state index contributed by atoms with van der Waals surface area (Å²) in [7, 11) is 0. The molecule has 0 atom stereocenters. The molecule has 0 aliphatic rings. The molecule has 0 radical (unpaired) electrons. The lowest BCUT2D eigenvalue weighted by Gasteiger charge is -2.05. The van der Waals surface area contributed by atoms with E-state index < -0.39 is 5.91 Å².